The van der Waals surface area contributed by atoms with Gasteiger partial charge in [-0.2, -0.15) is 8.78 Å². The number of ether oxygens (including phenoxy) is 1. The second-order valence-electron chi connectivity index (χ2n) is 5.39. The number of carbonyl (C=O) groups is 2. The molecular formula is C15H19F2N3O3. The zero-order valence-corrected chi connectivity index (χ0v) is 12.8. The minimum atomic E-state index is -2.87. The number of rotatable bonds is 5. The van der Waals surface area contributed by atoms with E-state index >= 15 is 0 Å². The normalized spacial score (nSPS) is 22.4. The molecule has 0 spiro atoms. The van der Waals surface area contributed by atoms with E-state index in [0.29, 0.717) is 0 Å². The number of carbonyl (C=O) groups excluding carboxylic acids is 2. The Bertz CT molecular complexity index is 566. The van der Waals surface area contributed by atoms with Gasteiger partial charge >= 0.3 is 6.61 Å². The van der Waals surface area contributed by atoms with Crippen LogP contribution in [0.5, 0.6) is 5.75 Å². The molecule has 1 aromatic rings. The van der Waals surface area contributed by atoms with Crippen molar-refractivity contribution in [3.8, 4) is 5.75 Å². The van der Waals surface area contributed by atoms with Crippen LogP contribution in [0.3, 0.4) is 0 Å². The van der Waals surface area contributed by atoms with Crippen molar-refractivity contribution >= 4 is 11.8 Å². The highest BCUT2D eigenvalue weighted by Gasteiger charge is 2.29. The van der Waals surface area contributed by atoms with Gasteiger partial charge < -0.3 is 15.4 Å². The van der Waals surface area contributed by atoms with Gasteiger partial charge in [0.15, 0.2) is 0 Å². The molecule has 0 radical (unpaired) electrons. The fourth-order valence-corrected chi connectivity index (χ4v) is 2.39. The van der Waals surface area contributed by atoms with Crippen LogP contribution in [-0.2, 0) is 9.59 Å². The van der Waals surface area contributed by atoms with Crippen molar-refractivity contribution in [1.29, 1.82) is 0 Å². The van der Waals surface area contributed by atoms with E-state index in [1.54, 1.807) is 26.0 Å². The number of amides is 2. The summed E-state index contributed by atoms with van der Waals surface area (Å²) >= 11 is 0. The molecule has 126 valence electrons. The molecule has 0 saturated carbocycles. The third kappa shape index (κ3) is 4.88. The second-order valence-corrected chi connectivity index (χ2v) is 5.39. The summed E-state index contributed by atoms with van der Waals surface area (Å²) in [5, 5.41) is 8.45. The van der Waals surface area contributed by atoms with Crippen LogP contribution < -0.4 is 20.7 Å². The maximum absolute atomic E-state index is 12.2. The van der Waals surface area contributed by atoms with Crippen LogP contribution in [0.1, 0.15) is 31.9 Å². The molecule has 3 atom stereocenters. The van der Waals surface area contributed by atoms with Gasteiger partial charge in [-0.15, -0.1) is 0 Å². The Morgan fingerprint density at radius 1 is 1.35 bits per heavy atom. The minimum absolute atomic E-state index is 0.0571. The number of nitrogens with one attached hydrogen (secondary N) is 3. The van der Waals surface area contributed by atoms with Gasteiger partial charge in [-0.3, -0.25) is 14.9 Å². The molecule has 1 aliphatic heterocycles. The van der Waals surface area contributed by atoms with E-state index in [1.807, 2.05) is 0 Å². The van der Waals surface area contributed by atoms with E-state index in [9.17, 15) is 18.4 Å². The highest BCUT2D eigenvalue weighted by atomic mass is 19.3. The van der Waals surface area contributed by atoms with Gasteiger partial charge in [0.2, 0.25) is 11.8 Å². The molecule has 1 aliphatic rings. The molecule has 8 heteroatoms. The van der Waals surface area contributed by atoms with Crippen molar-refractivity contribution < 1.29 is 23.1 Å². The third-order valence-corrected chi connectivity index (χ3v) is 3.50. The third-order valence-electron chi connectivity index (χ3n) is 3.50. The Hall–Kier alpha value is -2.22. The van der Waals surface area contributed by atoms with E-state index in [-0.39, 0.29) is 36.2 Å². The number of benzene rings is 1. The zero-order chi connectivity index (χ0) is 17.0. The van der Waals surface area contributed by atoms with Crippen LogP contribution in [0.25, 0.3) is 0 Å². The number of halogens is 2. The van der Waals surface area contributed by atoms with Gasteiger partial charge in [-0.05, 0) is 31.5 Å². The summed E-state index contributed by atoms with van der Waals surface area (Å²) in [7, 11) is 0. The van der Waals surface area contributed by atoms with Gasteiger partial charge in [-0.1, -0.05) is 12.1 Å². The molecule has 1 saturated heterocycles. The van der Waals surface area contributed by atoms with Crippen molar-refractivity contribution in [3.63, 3.8) is 0 Å². The second kappa shape index (κ2) is 7.36. The van der Waals surface area contributed by atoms with E-state index < -0.39 is 12.7 Å². The highest BCUT2D eigenvalue weighted by Crippen LogP contribution is 2.19. The average Bonchev–Trinajstić information content (AvgIpc) is 2.46. The standard InChI is InChI=1S/C15H19F2N3O3/c1-8(10-3-5-11(6-4-10)23-15(16)17)18-14(22)12-7-13(21)20-9(2)19-12/h3-6,8-9,12,15,19H,7H2,1-2H3,(H,18,22)(H,20,21)/t8-,9?,12?/m1/s1. The number of alkyl halides is 2. The molecule has 6 nitrogen and oxygen atoms in total. The maximum Gasteiger partial charge on any atom is 0.387 e. The summed E-state index contributed by atoms with van der Waals surface area (Å²) in [4.78, 5) is 23.7. The van der Waals surface area contributed by atoms with Gasteiger partial charge in [0.25, 0.3) is 0 Å². The molecule has 3 N–H and O–H groups in total. The largest absolute Gasteiger partial charge is 0.435 e. The Labute approximate surface area is 132 Å². The Morgan fingerprint density at radius 3 is 2.57 bits per heavy atom. The van der Waals surface area contributed by atoms with E-state index in [4.69, 9.17) is 0 Å². The minimum Gasteiger partial charge on any atom is -0.435 e. The Kier molecular flexibility index (Phi) is 5.49. The lowest BCUT2D eigenvalue weighted by Crippen LogP contribution is -2.59. The first-order valence-electron chi connectivity index (χ1n) is 7.25. The molecule has 0 aromatic heterocycles. The lowest BCUT2D eigenvalue weighted by atomic mass is 10.1. The van der Waals surface area contributed by atoms with Crippen molar-refractivity contribution in [1.82, 2.24) is 16.0 Å². The van der Waals surface area contributed by atoms with E-state index in [0.717, 1.165) is 5.56 Å². The van der Waals surface area contributed by atoms with Crippen LogP contribution in [-0.4, -0.2) is 30.6 Å². The topological polar surface area (TPSA) is 79.5 Å². The fraction of sp³-hybridized carbons (Fsp3) is 0.467. The van der Waals surface area contributed by atoms with Crippen LogP contribution >= 0.6 is 0 Å². The summed E-state index contributed by atoms with van der Waals surface area (Å²) in [6.07, 6.45) is -0.197. The fourth-order valence-electron chi connectivity index (χ4n) is 2.39. The van der Waals surface area contributed by atoms with Crippen LogP contribution in [0, 0.1) is 0 Å². The Morgan fingerprint density at radius 2 is 2.00 bits per heavy atom. The first kappa shape index (κ1) is 17.1. The van der Waals surface area contributed by atoms with Crippen LogP contribution in [0.4, 0.5) is 8.78 Å². The number of hydrogen-bond acceptors (Lipinski definition) is 4. The molecule has 23 heavy (non-hydrogen) atoms. The first-order chi connectivity index (χ1) is 10.8. The Balaban J connectivity index is 1.94. The maximum atomic E-state index is 12.2. The van der Waals surface area contributed by atoms with Crippen molar-refractivity contribution in [2.45, 2.75) is 45.1 Å². The predicted molar refractivity (Wildman–Crippen MR) is 78.8 cm³/mol. The predicted octanol–water partition coefficient (Wildman–Crippen LogP) is 1.29. The summed E-state index contributed by atoms with van der Waals surface area (Å²) in [6, 6.07) is 5.11. The lowest BCUT2D eigenvalue weighted by Gasteiger charge is -2.29. The summed E-state index contributed by atoms with van der Waals surface area (Å²) in [5.74, 6) is -0.411. The molecule has 1 fully saturated rings. The molecule has 1 aromatic carbocycles. The van der Waals surface area contributed by atoms with E-state index in [1.165, 1.54) is 12.1 Å². The molecule has 2 unspecified atom stereocenters. The van der Waals surface area contributed by atoms with Crippen LogP contribution in [0.15, 0.2) is 24.3 Å². The first-order valence-corrected chi connectivity index (χ1v) is 7.25. The van der Waals surface area contributed by atoms with Gasteiger partial charge in [-0.25, -0.2) is 0 Å². The quantitative estimate of drug-likeness (QED) is 0.761. The average molecular weight is 327 g/mol. The summed E-state index contributed by atoms with van der Waals surface area (Å²) < 4.78 is 28.5. The summed E-state index contributed by atoms with van der Waals surface area (Å²) in [5.41, 5.74) is 0.744. The van der Waals surface area contributed by atoms with Gasteiger partial charge in [0.1, 0.15) is 5.75 Å². The molecule has 0 bridgehead atoms. The lowest BCUT2D eigenvalue weighted by molar-refractivity contribution is -0.132. The monoisotopic (exact) mass is 327 g/mol. The van der Waals surface area contributed by atoms with Crippen molar-refractivity contribution in [2.24, 2.45) is 0 Å². The van der Waals surface area contributed by atoms with Gasteiger partial charge in [0.05, 0.1) is 24.7 Å². The van der Waals surface area contributed by atoms with Gasteiger partial charge in [0, 0.05) is 0 Å². The number of hydrogen-bond donors (Lipinski definition) is 3. The SMILES string of the molecule is CC1NC(=O)CC(C(=O)N[C@H](C)c2ccc(OC(F)F)cc2)N1. The van der Waals surface area contributed by atoms with Crippen molar-refractivity contribution in [2.75, 3.05) is 0 Å². The van der Waals surface area contributed by atoms with E-state index in [2.05, 4.69) is 20.7 Å². The molecule has 2 rings (SSSR count). The van der Waals surface area contributed by atoms with Crippen LogP contribution in [0.2, 0.25) is 0 Å². The van der Waals surface area contributed by atoms with Crippen molar-refractivity contribution in [3.05, 3.63) is 29.8 Å². The molecule has 0 aliphatic carbocycles. The molecule has 2 amide bonds. The highest BCUT2D eigenvalue weighted by molar-refractivity contribution is 5.89. The smallest absolute Gasteiger partial charge is 0.387 e. The summed E-state index contributed by atoms with van der Waals surface area (Å²) in [6.45, 7) is 0.652. The molecular weight excluding hydrogens is 308 g/mol. The zero-order valence-electron chi connectivity index (χ0n) is 12.8. The molecule has 1 heterocycles.